The lowest BCUT2D eigenvalue weighted by Gasteiger charge is -2.37. The Labute approximate surface area is 437 Å². The molecule has 2 nitrogen and oxygen atoms in total. The van der Waals surface area contributed by atoms with Crippen molar-refractivity contribution in [3.05, 3.63) is 220 Å². The van der Waals surface area contributed by atoms with Gasteiger partial charge in [-0.15, -0.1) is 0 Å². The highest BCUT2D eigenvalue weighted by Gasteiger charge is 2.49. The van der Waals surface area contributed by atoms with Gasteiger partial charge >= 0.3 is 0 Å². The van der Waals surface area contributed by atoms with Crippen LogP contribution in [0.5, 0.6) is 0 Å². The fourth-order valence-corrected chi connectivity index (χ4v) is 13.8. The van der Waals surface area contributed by atoms with E-state index in [-0.39, 0.29) is 28.4 Å². The topological polar surface area (TPSA) is 9.86 Å². The van der Waals surface area contributed by atoms with Gasteiger partial charge in [0.15, 0.2) is 0 Å². The molecule has 14 rings (SSSR count). The molecule has 0 saturated carbocycles. The van der Waals surface area contributed by atoms with Gasteiger partial charge in [0, 0.05) is 44.0 Å². The molecule has 74 heavy (non-hydrogen) atoms. The van der Waals surface area contributed by atoms with Gasteiger partial charge in [0.2, 0.25) is 0 Å². The quantitative estimate of drug-likeness (QED) is 0.156. The average molecular weight is 957 g/mol. The van der Waals surface area contributed by atoms with E-state index < -0.39 is 5.41 Å². The zero-order chi connectivity index (χ0) is 51.2. The molecule has 0 amide bonds. The molecule has 0 spiro atoms. The van der Waals surface area contributed by atoms with Crippen molar-refractivity contribution in [3.63, 3.8) is 0 Å². The van der Waals surface area contributed by atoms with E-state index in [2.05, 4.69) is 268 Å². The molecule has 1 aliphatic carbocycles. The number of benzene rings is 9. The molecule has 0 unspecified atom stereocenters. The first-order valence-corrected chi connectivity index (χ1v) is 27.0. The summed E-state index contributed by atoms with van der Waals surface area (Å²) in [5.41, 5.74) is 27.0. The van der Waals surface area contributed by atoms with Crippen molar-refractivity contribution in [3.8, 4) is 33.6 Å². The smallest absolute Gasteiger partial charge is 0.252 e. The molecule has 3 aliphatic rings. The summed E-state index contributed by atoms with van der Waals surface area (Å²) in [5.74, 6) is 0. The maximum absolute atomic E-state index is 2.69. The maximum Gasteiger partial charge on any atom is 0.252 e. The van der Waals surface area contributed by atoms with E-state index in [4.69, 9.17) is 0 Å². The minimum atomic E-state index is -0.569. The summed E-state index contributed by atoms with van der Waals surface area (Å²) in [6.45, 7) is 28.4. The van der Waals surface area contributed by atoms with Crippen LogP contribution in [-0.2, 0) is 27.1 Å². The molecule has 2 aromatic heterocycles. The molecule has 2 aliphatic heterocycles. The van der Waals surface area contributed by atoms with E-state index in [0.717, 1.165) is 0 Å². The van der Waals surface area contributed by atoms with Gasteiger partial charge in [0.25, 0.3) is 6.71 Å². The van der Waals surface area contributed by atoms with E-state index in [1.54, 1.807) is 0 Å². The molecule has 0 atom stereocenters. The third-order valence-electron chi connectivity index (χ3n) is 17.6. The summed E-state index contributed by atoms with van der Waals surface area (Å²) in [4.78, 5) is 0. The lowest BCUT2D eigenvalue weighted by molar-refractivity contribution is 0.590. The van der Waals surface area contributed by atoms with Crippen LogP contribution < -0.4 is 16.4 Å². The van der Waals surface area contributed by atoms with Gasteiger partial charge < -0.3 is 9.13 Å². The van der Waals surface area contributed by atoms with Crippen LogP contribution in [0.3, 0.4) is 0 Å². The van der Waals surface area contributed by atoms with Crippen LogP contribution in [-0.4, -0.2) is 15.8 Å². The summed E-state index contributed by atoms with van der Waals surface area (Å²) < 4.78 is 5.38. The van der Waals surface area contributed by atoms with Crippen molar-refractivity contribution in [2.75, 3.05) is 0 Å². The van der Waals surface area contributed by atoms with Gasteiger partial charge in [0.1, 0.15) is 0 Å². The van der Waals surface area contributed by atoms with Crippen molar-refractivity contribution < 1.29 is 0 Å². The highest BCUT2D eigenvalue weighted by molar-refractivity contribution is 7.00. The fourth-order valence-electron chi connectivity index (χ4n) is 13.8. The van der Waals surface area contributed by atoms with E-state index in [1.165, 1.54) is 138 Å². The zero-order valence-electron chi connectivity index (χ0n) is 45.2. The molecule has 0 radical (unpaired) electrons. The average Bonchev–Trinajstić information content (AvgIpc) is 4.00. The van der Waals surface area contributed by atoms with E-state index >= 15 is 0 Å². The molecule has 4 heterocycles. The number of aromatic nitrogens is 2. The van der Waals surface area contributed by atoms with Crippen LogP contribution in [0.1, 0.15) is 128 Å². The molecule has 362 valence electrons. The Morgan fingerprint density at radius 1 is 0.365 bits per heavy atom. The summed E-state index contributed by atoms with van der Waals surface area (Å²) in [6, 6.07) is 69.1. The normalized spacial score (nSPS) is 14.6. The van der Waals surface area contributed by atoms with Crippen LogP contribution in [0.15, 0.2) is 176 Å². The Bertz CT molecular complexity index is 3990. The van der Waals surface area contributed by atoms with Crippen LogP contribution >= 0.6 is 0 Å². The molecule has 0 fully saturated rings. The monoisotopic (exact) mass is 957 g/mol. The van der Waals surface area contributed by atoms with Crippen molar-refractivity contribution in [1.82, 2.24) is 9.13 Å². The molecular formula is C71H65BN2. The highest BCUT2D eigenvalue weighted by Crippen LogP contribution is 2.59. The molecule has 9 aromatic carbocycles. The predicted octanol–water partition coefficient (Wildman–Crippen LogP) is 16.2. The van der Waals surface area contributed by atoms with Crippen LogP contribution in [0.2, 0.25) is 0 Å². The van der Waals surface area contributed by atoms with Gasteiger partial charge in [-0.1, -0.05) is 210 Å². The van der Waals surface area contributed by atoms with Crippen LogP contribution in [0.25, 0.3) is 77.2 Å². The Hall–Kier alpha value is -7.36. The van der Waals surface area contributed by atoms with Crippen molar-refractivity contribution >= 4 is 66.7 Å². The number of nitrogens with zero attached hydrogens (tertiary/aromatic N) is 2. The molecular weight excluding hydrogens is 892 g/mol. The number of hydrogen-bond acceptors (Lipinski definition) is 0. The number of hydrogen-bond donors (Lipinski definition) is 0. The highest BCUT2D eigenvalue weighted by atomic mass is 15.0. The summed E-state index contributed by atoms with van der Waals surface area (Å²) in [6.07, 6.45) is 0. The predicted molar refractivity (Wildman–Crippen MR) is 317 cm³/mol. The number of fused-ring (bicyclic) bond motifs is 13. The van der Waals surface area contributed by atoms with Gasteiger partial charge in [-0.2, -0.15) is 0 Å². The van der Waals surface area contributed by atoms with Crippen molar-refractivity contribution in [1.29, 1.82) is 0 Å². The van der Waals surface area contributed by atoms with Crippen molar-refractivity contribution in [2.24, 2.45) is 0 Å². The zero-order valence-corrected chi connectivity index (χ0v) is 45.2. The van der Waals surface area contributed by atoms with Gasteiger partial charge in [-0.25, -0.2) is 0 Å². The first kappa shape index (κ1) is 45.3. The SMILES string of the molecule is CC(C)(C)c1ccc2c(c1)c1cc(C(C)(C)C)cc3c1n2-c1cc(-c2cccc4c2C(c2ccccc2)(c2ccccc2)c2ccccc2-4)cc2c1B3c1cc(C(C)(C)C)cc3c4cc(C(C)(C)C)ccc4n-2c13. The fraction of sp³-hybridized carbons (Fsp3) is 0.239. The Kier molecular flexibility index (Phi) is 9.12. The number of rotatable bonds is 3. The van der Waals surface area contributed by atoms with Gasteiger partial charge in [-0.05, 0) is 153 Å². The first-order chi connectivity index (χ1) is 35.2. The van der Waals surface area contributed by atoms with Crippen LogP contribution in [0.4, 0.5) is 0 Å². The molecule has 11 aromatic rings. The van der Waals surface area contributed by atoms with Crippen molar-refractivity contribution in [2.45, 2.75) is 110 Å². The minimum Gasteiger partial charge on any atom is -0.310 e. The summed E-state index contributed by atoms with van der Waals surface area (Å²) in [7, 11) is 0. The van der Waals surface area contributed by atoms with Crippen LogP contribution in [0, 0.1) is 0 Å². The Morgan fingerprint density at radius 3 is 1.26 bits per heavy atom. The first-order valence-electron chi connectivity index (χ1n) is 27.0. The van der Waals surface area contributed by atoms with Gasteiger partial charge in [-0.3, -0.25) is 0 Å². The second-order valence-electron chi connectivity index (χ2n) is 26.2. The molecule has 3 heteroatoms. The largest absolute Gasteiger partial charge is 0.310 e. The van der Waals surface area contributed by atoms with Gasteiger partial charge in [0.05, 0.1) is 16.4 Å². The lowest BCUT2D eigenvalue weighted by atomic mass is 9.33. The lowest BCUT2D eigenvalue weighted by Crippen LogP contribution is -2.59. The third kappa shape index (κ3) is 6.07. The molecule has 0 N–H and O–H groups in total. The Balaban J connectivity index is 1.19. The maximum atomic E-state index is 2.69. The summed E-state index contributed by atoms with van der Waals surface area (Å²) >= 11 is 0. The van der Waals surface area contributed by atoms with E-state index in [1.807, 2.05) is 0 Å². The summed E-state index contributed by atoms with van der Waals surface area (Å²) in [5, 5.41) is 5.35. The second kappa shape index (κ2) is 14.9. The van der Waals surface area contributed by atoms with E-state index in [0.29, 0.717) is 0 Å². The standard InChI is InChI=1S/C71H65BN2/c1-67(2,3)45-30-32-59-52(36-45)54-38-47(69(7,8)9)40-57-65(54)73(59)61-34-42(49-27-21-28-51-50-26-19-20-29-56(50)71(63(49)51,43-22-15-13-16-23-43)44-24-17-14-18-25-44)35-62-64(61)72(57)58-41-48(70(10,11)12)39-55-53-37-46(68(4,5)6)31-33-60(53)74(62)66(55)58/h13-41H,1-12H3. The Morgan fingerprint density at radius 2 is 0.784 bits per heavy atom. The third-order valence-corrected chi connectivity index (χ3v) is 17.6. The molecule has 0 saturated heterocycles. The van der Waals surface area contributed by atoms with E-state index in [9.17, 15) is 0 Å². The second-order valence-corrected chi connectivity index (χ2v) is 26.2. The minimum absolute atomic E-state index is 0.0000752. The molecule has 0 bridgehead atoms.